The average molecular weight is 184 g/mol. The van der Waals surface area contributed by atoms with Crippen LogP contribution in [0, 0.1) is 0 Å². The van der Waals surface area contributed by atoms with Crippen LogP contribution in [-0.2, 0) is 11.1 Å². The zero-order valence-electron chi connectivity index (χ0n) is 6.53. The Balaban J connectivity index is 0.000000561. The third-order valence-electron chi connectivity index (χ3n) is 1.05. The fourth-order valence-corrected chi connectivity index (χ4v) is 1.04. The Morgan fingerprint density at radius 1 is 1.42 bits per heavy atom. The number of nitrogens with two attached hydrogens (primary N) is 1. The van der Waals surface area contributed by atoms with Crippen molar-refractivity contribution in [2.75, 3.05) is 5.73 Å². The van der Waals surface area contributed by atoms with Gasteiger partial charge in [-0.05, 0) is 29.3 Å². The lowest BCUT2D eigenvalue weighted by atomic mass is 10.3. The van der Waals surface area contributed by atoms with Crippen LogP contribution in [0.2, 0.25) is 0 Å². The molecule has 1 rings (SSSR count). The van der Waals surface area contributed by atoms with Crippen molar-refractivity contribution in [3.63, 3.8) is 0 Å². The van der Waals surface area contributed by atoms with Gasteiger partial charge in [-0.2, -0.15) is 0 Å². The van der Waals surface area contributed by atoms with E-state index >= 15 is 0 Å². The first kappa shape index (κ1) is 10.9. The van der Waals surface area contributed by atoms with E-state index in [4.69, 9.17) is 5.73 Å². The van der Waals surface area contributed by atoms with Gasteiger partial charge in [0.05, 0.1) is 0 Å². The van der Waals surface area contributed by atoms with Crippen LogP contribution in [0.5, 0.6) is 0 Å². The van der Waals surface area contributed by atoms with Gasteiger partial charge in [-0.15, -0.1) is 13.2 Å². The van der Waals surface area contributed by atoms with Crippen LogP contribution in [0.25, 0.3) is 0 Å². The summed E-state index contributed by atoms with van der Waals surface area (Å²) < 4.78 is 20.6. The fourth-order valence-electron chi connectivity index (χ4n) is 0.618. The maximum Gasteiger partial charge on any atom is 0.0325 e. The molecule has 66 valence electrons. The Hall–Kier alpha value is -1.13. The van der Waals surface area contributed by atoms with Gasteiger partial charge < -0.3 is 10.3 Å². The highest BCUT2D eigenvalue weighted by Crippen LogP contribution is 2.08. The number of hydrogen-bond acceptors (Lipinski definition) is 3. The number of rotatable bonds is 1. The average Bonchev–Trinajstić information content (AvgIpc) is 2.08. The summed E-state index contributed by atoms with van der Waals surface area (Å²) in [5, 5.41) is 0. The molecule has 0 fully saturated rings. The normalized spacial score (nSPS) is 11.1. The zero-order chi connectivity index (χ0) is 9.56. The van der Waals surface area contributed by atoms with Gasteiger partial charge in [-0.25, -0.2) is 0 Å². The molecule has 0 amide bonds. The molecule has 4 heteroatoms. The molecule has 0 saturated carbocycles. The number of anilines is 1. The first-order chi connectivity index (χ1) is 5.70. The van der Waals surface area contributed by atoms with Gasteiger partial charge in [-0.1, -0.05) is 6.07 Å². The molecule has 0 aliphatic heterocycles. The molecule has 12 heavy (non-hydrogen) atoms. The second-order valence-corrected chi connectivity index (χ2v) is 2.75. The van der Waals surface area contributed by atoms with Crippen LogP contribution in [0.4, 0.5) is 5.69 Å². The van der Waals surface area contributed by atoms with E-state index in [1.807, 2.05) is 0 Å². The highest BCUT2D eigenvalue weighted by atomic mass is 32.2. The van der Waals surface area contributed by atoms with Crippen LogP contribution < -0.4 is 5.73 Å². The summed E-state index contributed by atoms with van der Waals surface area (Å²) in [6.45, 7) is 6.00. The lowest BCUT2D eigenvalue weighted by Gasteiger charge is -2.03. The SMILES string of the molecule is C=C.Nc1cccc(S(=O)[O-])c1. The first-order valence-electron chi connectivity index (χ1n) is 3.15. The van der Waals surface area contributed by atoms with Gasteiger partial charge in [0.1, 0.15) is 0 Å². The van der Waals surface area contributed by atoms with Gasteiger partial charge in [0.15, 0.2) is 0 Å². The van der Waals surface area contributed by atoms with Crippen LogP contribution >= 0.6 is 0 Å². The lowest BCUT2D eigenvalue weighted by molar-refractivity contribution is 0.537. The summed E-state index contributed by atoms with van der Waals surface area (Å²) in [6, 6.07) is 6.12. The van der Waals surface area contributed by atoms with E-state index in [2.05, 4.69) is 13.2 Å². The summed E-state index contributed by atoms with van der Waals surface area (Å²) in [5.74, 6) is 0. The number of benzene rings is 1. The number of nitrogen functional groups attached to an aromatic ring is 1. The molecule has 1 unspecified atom stereocenters. The molecule has 0 saturated heterocycles. The van der Waals surface area contributed by atoms with Crippen LogP contribution in [0.1, 0.15) is 0 Å². The molecule has 3 nitrogen and oxygen atoms in total. The quantitative estimate of drug-likeness (QED) is 0.406. The Morgan fingerprint density at radius 3 is 2.33 bits per heavy atom. The van der Waals surface area contributed by atoms with Crippen molar-refractivity contribution in [2.45, 2.75) is 4.90 Å². The predicted molar refractivity (Wildman–Crippen MR) is 49.3 cm³/mol. The van der Waals surface area contributed by atoms with E-state index in [1.54, 1.807) is 12.1 Å². The maximum absolute atomic E-state index is 10.3. The van der Waals surface area contributed by atoms with E-state index in [0.29, 0.717) is 5.69 Å². The van der Waals surface area contributed by atoms with E-state index in [-0.39, 0.29) is 4.90 Å². The Morgan fingerprint density at radius 2 is 2.00 bits per heavy atom. The molecule has 0 heterocycles. The topological polar surface area (TPSA) is 66.2 Å². The van der Waals surface area contributed by atoms with Crippen molar-refractivity contribution in [3.05, 3.63) is 37.4 Å². The first-order valence-corrected chi connectivity index (χ1v) is 4.22. The van der Waals surface area contributed by atoms with Gasteiger partial charge >= 0.3 is 0 Å². The van der Waals surface area contributed by atoms with Crippen molar-refractivity contribution < 1.29 is 8.76 Å². The van der Waals surface area contributed by atoms with E-state index in [9.17, 15) is 8.76 Å². The van der Waals surface area contributed by atoms with E-state index in [1.165, 1.54) is 12.1 Å². The molecular formula is C8H10NO2S-. The van der Waals surface area contributed by atoms with Crippen LogP contribution in [0.15, 0.2) is 42.3 Å². The van der Waals surface area contributed by atoms with Crippen molar-refractivity contribution in [3.8, 4) is 0 Å². The predicted octanol–water partition coefficient (Wildman–Crippen LogP) is 1.31. The molecule has 0 aliphatic carbocycles. The summed E-state index contributed by atoms with van der Waals surface area (Å²) in [7, 11) is 0. The highest BCUT2D eigenvalue weighted by Gasteiger charge is 1.90. The molecule has 0 radical (unpaired) electrons. The smallest absolute Gasteiger partial charge is 0.0325 e. The minimum atomic E-state index is -2.17. The van der Waals surface area contributed by atoms with E-state index < -0.39 is 11.1 Å². The minimum absolute atomic E-state index is 0.222. The van der Waals surface area contributed by atoms with Gasteiger partial charge in [0, 0.05) is 10.6 Å². The summed E-state index contributed by atoms with van der Waals surface area (Å²) >= 11 is -2.17. The zero-order valence-corrected chi connectivity index (χ0v) is 7.34. The molecule has 0 aliphatic rings. The molecule has 0 bridgehead atoms. The number of hydrogen-bond donors (Lipinski definition) is 1. The summed E-state index contributed by atoms with van der Waals surface area (Å²) in [6.07, 6.45) is 0. The molecule has 2 N–H and O–H groups in total. The van der Waals surface area contributed by atoms with Crippen molar-refractivity contribution in [1.29, 1.82) is 0 Å². The van der Waals surface area contributed by atoms with Gasteiger partial charge in [-0.3, -0.25) is 4.21 Å². The Bertz CT molecular complexity index is 276. The largest absolute Gasteiger partial charge is 0.768 e. The van der Waals surface area contributed by atoms with Crippen molar-refractivity contribution in [1.82, 2.24) is 0 Å². The Labute approximate surface area is 74.2 Å². The molecule has 1 aromatic carbocycles. The maximum atomic E-state index is 10.3. The Kier molecular flexibility index (Phi) is 4.99. The second kappa shape index (κ2) is 5.51. The molecule has 1 atom stereocenters. The highest BCUT2D eigenvalue weighted by molar-refractivity contribution is 7.79. The lowest BCUT2D eigenvalue weighted by Crippen LogP contribution is -1.90. The molecule has 0 spiro atoms. The van der Waals surface area contributed by atoms with Crippen LogP contribution in [-0.4, -0.2) is 8.76 Å². The standard InChI is InChI=1S/C6H7NO2S.C2H4/c7-5-2-1-3-6(4-5)10(8)9;1-2/h1-4H,7H2,(H,8,9);1-2H2/p-1. The van der Waals surface area contributed by atoms with Crippen molar-refractivity contribution in [2.24, 2.45) is 0 Å². The second-order valence-electron chi connectivity index (χ2n) is 1.81. The van der Waals surface area contributed by atoms with Gasteiger partial charge in [0.25, 0.3) is 0 Å². The fraction of sp³-hybridized carbons (Fsp3) is 0. The third-order valence-corrected chi connectivity index (χ3v) is 1.69. The minimum Gasteiger partial charge on any atom is -0.768 e. The van der Waals surface area contributed by atoms with Crippen LogP contribution in [0.3, 0.4) is 0 Å². The van der Waals surface area contributed by atoms with Gasteiger partial charge in [0.2, 0.25) is 0 Å². The molecular weight excluding hydrogens is 174 g/mol. The molecule has 1 aromatic rings. The molecule has 0 aromatic heterocycles. The van der Waals surface area contributed by atoms with E-state index in [0.717, 1.165) is 0 Å². The monoisotopic (exact) mass is 184 g/mol. The summed E-state index contributed by atoms with van der Waals surface area (Å²) in [5.41, 5.74) is 5.78. The summed E-state index contributed by atoms with van der Waals surface area (Å²) in [4.78, 5) is 0.222. The third kappa shape index (κ3) is 3.32. The van der Waals surface area contributed by atoms with Crippen molar-refractivity contribution >= 4 is 16.8 Å².